The highest BCUT2D eigenvalue weighted by atomic mass is 35.5. The maximum atomic E-state index is 12.4. The molecule has 1 fully saturated rings. The van der Waals surface area contributed by atoms with Gasteiger partial charge in [0.1, 0.15) is 5.54 Å². The quantitative estimate of drug-likeness (QED) is 0.864. The van der Waals surface area contributed by atoms with Crippen LogP contribution in [0.1, 0.15) is 12.5 Å². The number of anilines is 1. The van der Waals surface area contributed by atoms with E-state index in [0.29, 0.717) is 10.7 Å². The predicted molar refractivity (Wildman–Crippen MR) is 72.5 cm³/mol. The van der Waals surface area contributed by atoms with Gasteiger partial charge in [-0.2, -0.15) is 0 Å². The lowest BCUT2D eigenvalue weighted by atomic mass is 10.0. The Hall–Kier alpha value is -1.59. The molecule has 1 aromatic rings. The maximum Gasteiger partial charge on any atom is 0.329 e. The topological polar surface area (TPSA) is 58.6 Å². The monoisotopic (exact) mass is 282 g/mol. The predicted octanol–water partition coefficient (Wildman–Crippen LogP) is 2.11. The number of amides is 3. The highest BCUT2D eigenvalue weighted by Gasteiger charge is 2.48. The Balaban J connectivity index is 2.40. The summed E-state index contributed by atoms with van der Waals surface area (Å²) in [6.45, 7) is 3.57. The van der Waals surface area contributed by atoms with Gasteiger partial charge < -0.3 is 10.1 Å². The van der Waals surface area contributed by atoms with E-state index in [1.807, 2.05) is 0 Å². The van der Waals surface area contributed by atoms with Gasteiger partial charge >= 0.3 is 6.03 Å². The zero-order valence-electron chi connectivity index (χ0n) is 11.0. The summed E-state index contributed by atoms with van der Waals surface area (Å²) >= 11 is 5.88. The van der Waals surface area contributed by atoms with Crippen molar-refractivity contribution in [3.8, 4) is 0 Å². The molecule has 1 aromatic carbocycles. The number of methoxy groups -OCH3 is 1. The van der Waals surface area contributed by atoms with E-state index in [9.17, 15) is 9.59 Å². The Morgan fingerprint density at radius 3 is 2.68 bits per heavy atom. The SMILES string of the molecule is COCC1(C)NC(=O)N(c2ccc(Cl)cc2C)C1=O. The van der Waals surface area contributed by atoms with Gasteiger partial charge in [0.25, 0.3) is 5.91 Å². The Kier molecular flexibility index (Phi) is 3.52. The van der Waals surface area contributed by atoms with Gasteiger partial charge in [-0.1, -0.05) is 11.6 Å². The fourth-order valence-electron chi connectivity index (χ4n) is 2.16. The first-order chi connectivity index (χ1) is 8.89. The van der Waals surface area contributed by atoms with E-state index in [2.05, 4.69) is 5.32 Å². The van der Waals surface area contributed by atoms with Gasteiger partial charge in [-0.3, -0.25) is 4.79 Å². The standard InChI is InChI=1S/C13H15ClN2O3/c1-8-6-9(14)4-5-10(8)16-11(17)13(2,7-19-3)15-12(16)18/h4-6H,7H2,1-3H3,(H,15,18). The molecule has 19 heavy (non-hydrogen) atoms. The average Bonchev–Trinajstić information content (AvgIpc) is 2.52. The summed E-state index contributed by atoms with van der Waals surface area (Å²) in [5.74, 6) is -0.329. The molecule has 0 saturated carbocycles. The molecule has 1 N–H and O–H groups in total. The molecular weight excluding hydrogens is 268 g/mol. The molecule has 1 atom stereocenters. The second-order valence-electron chi connectivity index (χ2n) is 4.77. The van der Waals surface area contributed by atoms with E-state index in [-0.39, 0.29) is 12.5 Å². The second-order valence-corrected chi connectivity index (χ2v) is 5.20. The molecule has 1 heterocycles. The van der Waals surface area contributed by atoms with Crippen LogP contribution in [0, 0.1) is 6.92 Å². The minimum atomic E-state index is -1.03. The van der Waals surface area contributed by atoms with E-state index in [4.69, 9.17) is 16.3 Å². The van der Waals surface area contributed by atoms with Crippen molar-refractivity contribution >= 4 is 29.2 Å². The van der Waals surface area contributed by atoms with Crippen LogP contribution in [0.3, 0.4) is 0 Å². The van der Waals surface area contributed by atoms with Crippen molar-refractivity contribution in [2.45, 2.75) is 19.4 Å². The molecule has 6 heteroatoms. The number of urea groups is 1. The number of carbonyl (C=O) groups is 2. The lowest BCUT2D eigenvalue weighted by Crippen LogP contribution is -2.48. The number of nitrogens with zero attached hydrogens (tertiary/aromatic N) is 1. The normalized spacial score (nSPS) is 22.8. The van der Waals surface area contributed by atoms with E-state index in [1.165, 1.54) is 7.11 Å². The summed E-state index contributed by atoms with van der Waals surface area (Å²) in [6, 6.07) is 4.57. The smallest absolute Gasteiger partial charge is 0.329 e. The molecule has 5 nitrogen and oxygen atoms in total. The lowest BCUT2D eigenvalue weighted by Gasteiger charge is -2.21. The number of ether oxygens (including phenoxy) is 1. The van der Waals surface area contributed by atoms with E-state index in [0.717, 1.165) is 10.5 Å². The van der Waals surface area contributed by atoms with Crippen LogP contribution in [0.25, 0.3) is 0 Å². The van der Waals surface area contributed by atoms with E-state index >= 15 is 0 Å². The highest BCUT2D eigenvalue weighted by molar-refractivity contribution is 6.31. The Morgan fingerprint density at radius 1 is 1.42 bits per heavy atom. The Labute approximate surface area is 116 Å². The minimum absolute atomic E-state index is 0.126. The fourth-order valence-corrected chi connectivity index (χ4v) is 2.39. The van der Waals surface area contributed by atoms with Crippen LogP contribution in [0.15, 0.2) is 18.2 Å². The first-order valence-corrected chi connectivity index (χ1v) is 6.18. The number of aryl methyl sites for hydroxylation is 1. The zero-order chi connectivity index (χ0) is 14.2. The molecule has 0 aromatic heterocycles. The molecule has 1 aliphatic rings. The molecule has 2 rings (SSSR count). The average molecular weight is 283 g/mol. The number of imide groups is 1. The molecule has 3 amide bonds. The summed E-state index contributed by atoms with van der Waals surface area (Å²) in [7, 11) is 1.49. The summed E-state index contributed by atoms with van der Waals surface area (Å²) in [4.78, 5) is 25.5. The van der Waals surface area contributed by atoms with Gasteiger partial charge in [0.2, 0.25) is 0 Å². The van der Waals surface area contributed by atoms with E-state index in [1.54, 1.807) is 32.0 Å². The number of hydrogen-bond donors (Lipinski definition) is 1. The molecule has 0 radical (unpaired) electrons. The number of halogens is 1. The third kappa shape index (κ3) is 2.31. The van der Waals surface area contributed by atoms with Crippen molar-refractivity contribution in [3.05, 3.63) is 28.8 Å². The Bertz CT molecular complexity index is 547. The first kappa shape index (κ1) is 13.8. The van der Waals surface area contributed by atoms with Gasteiger partial charge in [-0.25, -0.2) is 9.69 Å². The summed E-state index contributed by atoms with van der Waals surface area (Å²) in [5, 5.41) is 3.21. The third-order valence-electron chi connectivity index (χ3n) is 3.09. The first-order valence-electron chi connectivity index (χ1n) is 5.81. The molecular formula is C13H15ClN2O3. The summed E-state index contributed by atoms with van der Waals surface area (Å²) < 4.78 is 5.00. The number of rotatable bonds is 3. The van der Waals surface area contributed by atoms with Crippen LogP contribution in [0.5, 0.6) is 0 Å². The van der Waals surface area contributed by atoms with Gasteiger partial charge in [0, 0.05) is 12.1 Å². The molecule has 0 spiro atoms. The molecule has 1 aliphatic heterocycles. The lowest BCUT2D eigenvalue weighted by molar-refractivity contribution is -0.123. The third-order valence-corrected chi connectivity index (χ3v) is 3.33. The summed E-state index contributed by atoms with van der Waals surface area (Å²) in [5.41, 5.74) is 0.266. The second kappa shape index (κ2) is 4.83. The van der Waals surface area contributed by atoms with Crippen molar-refractivity contribution in [2.75, 3.05) is 18.6 Å². The van der Waals surface area contributed by atoms with E-state index < -0.39 is 11.6 Å². The molecule has 102 valence electrons. The van der Waals surface area contributed by atoms with Crippen LogP contribution in [-0.2, 0) is 9.53 Å². The van der Waals surface area contributed by atoms with Gasteiger partial charge in [-0.15, -0.1) is 0 Å². The Morgan fingerprint density at radius 2 is 2.11 bits per heavy atom. The highest BCUT2D eigenvalue weighted by Crippen LogP contribution is 2.29. The minimum Gasteiger partial charge on any atom is -0.382 e. The van der Waals surface area contributed by atoms with Crippen LogP contribution in [0.4, 0.5) is 10.5 Å². The largest absolute Gasteiger partial charge is 0.382 e. The maximum absolute atomic E-state index is 12.4. The molecule has 0 aliphatic carbocycles. The van der Waals surface area contributed by atoms with Crippen LogP contribution in [0.2, 0.25) is 5.02 Å². The number of benzene rings is 1. The van der Waals surface area contributed by atoms with Crippen molar-refractivity contribution in [3.63, 3.8) is 0 Å². The van der Waals surface area contributed by atoms with Gasteiger partial charge in [0.15, 0.2) is 0 Å². The van der Waals surface area contributed by atoms with Crippen LogP contribution >= 0.6 is 11.6 Å². The number of nitrogens with one attached hydrogen (secondary N) is 1. The van der Waals surface area contributed by atoms with Crippen LogP contribution < -0.4 is 10.2 Å². The molecule has 1 saturated heterocycles. The van der Waals surface area contributed by atoms with Crippen molar-refractivity contribution in [1.29, 1.82) is 0 Å². The fraction of sp³-hybridized carbons (Fsp3) is 0.385. The van der Waals surface area contributed by atoms with Crippen LogP contribution in [-0.4, -0.2) is 31.2 Å². The van der Waals surface area contributed by atoms with Crippen molar-refractivity contribution in [1.82, 2.24) is 5.32 Å². The van der Waals surface area contributed by atoms with Crippen molar-refractivity contribution in [2.24, 2.45) is 0 Å². The number of hydrogen-bond acceptors (Lipinski definition) is 3. The molecule has 1 unspecified atom stereocenters. The number of carbonyl (C=O) groups excluding carboxylic acids is 2. The van der Waals surface area contributed by atoms with Crippen molar-refractivity contribution < 1.29 is 14.3 Å². The van der Waals surface area contributed by atoms with Gasteiger partial charge in [0.05, 0.1) is 12.3 Å². The molecule has 0 bridgehead atoms. The summed E-state index contributed by atoms with van der Waals surface area (Å²) in [6.07, 6.45) is 0. The zero-order valence-corrected chi connectivity index (χ0v) is 11.7. The van der Waals surface area contributed by atoms with Gasteiger partial charge in [-0.05, 0) is 37.6 Å².